The van der Waals surface area contributed by atoms with E-state index < -0.39 is 10.0 Å². The Bertz CT molecular complexity index is 1280. The van der Waals surface area contributed by atoms with E-state index in [4.69, 9.17) is 9.47 Å². The van der Waals surface area contributed by atoms with Crippen LogP contribution in [0.4, 0.5) is 0 Å². The number of piperidine rings is 1. The first-order chi connectivity index (χ1) is 16.7. The number of sulfonamides is 1. The van der Waals surface area contributed by atoms with Gasteiger partial charge >= 0.3 is 5.97 Å². The zero-order valence-electron chi connectivity index (χ0n) is 20.4. The fraction of sp³-hybridized carbons (Fsp3) is 0.519. The summed E-state index contributed by atoms with van der Waals surface area (Å²) in [5.74, 6) is 1.47. The van der Waals surface area contributed by atoms with Crippen LogP contribution in [0, 0.1) is 5.92 Å². The minimum atomic E-state index is -3.54. The number of likely N-dealkylation sites (tertiary alicyclic amines) is 1. The predicted molar refractivity (Wildman–Crippen MR) is 132 cm³/mol. The van der Waals surface area contributed by atoms with Crippen molar-refractivity contribution >= 4 is 16.0 Å². The Morgan fingerprint density at radius 3 is 2.71 bits per heavy atom. The minimum Gasteiger partial charge on any atom is -0.487 e. The smallest absolute Gasteiger partial charge is 0.308 e. The fourth-order valence-corrected chi connectivity index (χ4v) is 8.87. The number of benzene rings is 2. The van der Waals surface area contributed by atoms with E-state index in [0.29, 0.717) is 17.7 Å². The molecule has 35 heavy (non-hydrogen) atoms. The van der Waals surface area contributed by atoms with Gasteiger partial charge in [-0.3, -0.25) is 4.79 Å². The van der Waals surface area contributed by atoms with Gasteiger partial charge in [-0.25, -0.2) is 8.42 Å². The quantitative estimate of drug-likeness (QED) is 0.468. The molecule has 186 valence electrons. The molecule has 2 aromatic carbocycles. The molecule has 1 saturated carbocycles. The number of rotatable bonds is 5. The van der Waals surface area contributed by atoms with E-state index in [2.05, 4.69) is 11.9 Å². The Kier molecular flexibility index (Phi) is 5.29. The number of ether oxygens (including phenoxy) is 2. The number of esters is 1. The van der Waals surface area contributed by atoms with Gasteiger partial charge in [0.15, 0.2) is 0 Å². The second-order valence-corrected chi connectivity index (χ2v) is 12.6. The molecule has 2 aliphatic carbocycles. The molecule has 0 N–H and O–H groups in total. The Hall–Kier alpha value is -2.42. The molecular formula is C27H32N2O5S. The second-order valence-electron chi connectivity index (χ2n) is 10.6. The maximum Gasteiger partial charge on any atom is 0.308 e. The van der Waals surface area contributed by atoms with E-state index in [1.807, 2.05) is 42.5 Å². The van der Waals surface area contributed by atoms with Crippen molar-refractivity contribution < 1.29 is 22.7 Å². The van der Waals surface area contributed by atoms with Crippen LogP contribution in [0.3, 0.4) is 0 Å². The van der Waals surface area contributed by atoms with Crippen molar-refractivity contribution in [3.05, 3.63) is 59.2 Å². The third kappa shape index (κ3) is 3.37. The van der Waals surface area contributed by atoms with Crippen molar-refractivity contribution in [1.29, 1.82) is 0 Å². The van der Waals surface area contributed by atoms with Gasteiger partial charge in [-0.15, -0.1) is 0 Å². The van der Waals surface area contributed by atoms with E-state index in [0.717, 1.165) is 54.7 Å². The average Bonchev–Trinajstić information content (AvgIpc) is 3.16. The number of carbonyl (C=O) groups is 1. The molecule has 2 aromatic rings. The normalized spacial score (nSPS) is 31.1. The third-order valence-electron chi connectivity index (χ3n) is 8.92. The van der Waals surface area contributed by atoms with Crippen molar-refractivity contribution in [2.45, 2.75) is 62.0 Å². The highest BCUT2D eigenvalue weighted by Crippen LogP contribution is 2.63. The Morgan fingerprint density at radius 2 is 1.97 bits per heavy atom. The molecule has 8 heteroatoms. The standard InChI is InChI=1S/C27H32N2O5S/c1-17(30)33-23-11-12-24-25-19(23)15-22-20-9-10-21(26(34-24)27(20,25)13-14-28(22)2)29(3)35(31,32)16-18-7-5-4-6-8-18/h4-8,11-12,20-22,26H,9-10,13-16H2,1-3H3/t20-,21+,22+,26-,27-/m0/s1. The first-order valence-electron chi connectivity index (χ1n) is 12.4. The lowest BCUT2D eigenvalue weighted by atomic mass is 9.51. The van der Waals surface area contributed by atoms with Crippen LogP contribution >= 0.6 is 0 Å². The molecule has 0 radical (unpaired) electrons. The highest BCUT2D eigenvalue weighted by atomic mass is 32.2. The highest BCUT2D eigenvalue weighted by molar-refractivity contribution is 7.88. The van der Waals surface area contributed by atoms with Gasteiger partial charge in [-0.2, -0.15) is 4.31 Å². The number of nitrogens with zero attached hydrogens (tertiary/aromatic N) is 2. The molecule has 5 atom stereocenters. The van der Waals surface area contributed by atoms with Crippen LogP contribution < -0.4 is 9.47 Å². The van der Waals surface area contributed by atoms with Gasteiger partial charge in [0.2, 0.25) is 10.0 Å². The molecule has 1 saturated heterocycles. The topological polar surface area (TPSA) is 76.1 Å². The number of likely N-dealkylation sites (N-methyl/N-ethyl adjacent to an activating group) is 2. The molecule has 2 bridgehead atoms. The monoisotopic (exact) mass is 496 g/mol. The summed E-state index contributed by atoms with van der Waals surface area (Å²) in [5.41, 5.74) is 2.74. The molecule has 2 aliphatic heterocycles. The van der Waals surface area contributed by atoms with Crippen molar-refractivity contribution in [3.63, 3.8) is 0 Å². The second kappa shape index (κ2) is 8.05. The van der Waals surface area contributed by atoms with Crippen LogP contribution in [0.15, 0.2) is 42.5 Å². The number of carbonyl (C=O) groups excluding carboxylic acids is 1. The zero-order valence-corrected chi connectivity index (χ0v) is 21.3. The lowest BCUT2D eigenvalue weighted by Crippen LogP contribution is -2.68. The van der Waals surface area contributed by atoms with E-state index in [9.17, 15) is 13.2 Å². The van der Waals surface area contributed by atoms with Crippen molar-refractivity contribution in [2.24, 2.45) is 5.92 Å². The molecule has 4 aliphatic rings. The first-order valence-corrected chi connectivity index (χ1v) is 14.0. The summed E-state index contributed by atoms with van der Waals surface area (Å²) >= 11 is 0. The molecule has 2 fully saturated rings. The van der Waals surface area contributed by atoms with Crippen molar-refractivity contribution in [3.8, 4) is 11.5 Å². The molecule has 6 rings (SSSR count). The molecular weight excluding hydrogens is 464 g/mol. The maximum absolute atomic E-state index is 13.5. The molecule has 0 aromatic heterocycles. The lowest BCUT2D eigenvalue weighted by molar-refractivity contribution is -0.132. The SMILES string of the molecule is CC(=O)Oc1ccc2c3c1C[C@@H]1[C@@H]4CC[C@@H](N(C)S(=O)(=O)Cc5ccccc5)[C@H](O2)[C@]34CCN1C. The van der Waals surface area contributed by atoms with E-state index in [1.165, 1.54) is 6.92 Å². The minimum absolute atomic E-state index is 0.0237. The van der Waals surface area contributed by atoms with Gasteiger partial charge < -0.3 is 14.4 Å². The Labute approximate surface area is 207 Å². The van der Waals surface area contributed by atoms with E-state index >= 15 is 0 Å². The van der Waals surface area contributed by atoms with Gasteiger partial charge in [-0.05, 0) is 62.9 Å². The maximum atomic E-state index is 13.5. The fourth-order valence-electron chi connectivity index (χ4n) is 7.43. The molecule has 1 spiro atoms. The number of hydrogen-bond acceptors (Lipinski definition) is 6. The van der Waals surface area contributed by atoms with Gasteiger partial charge in [0, 0.05) is 36.6 Å². The molecule has 7 nitrogen and oxygen atoms in total. The Morgan fingerprint density at radius 1 is 1.20 bits per heavy atom. The van der Waals surface area contributed by atoms with Gasteiger partial charge in [0.05, 0.1) is 11.8 Å². The number of hydrogen-bond donors (Lipinski definition) is 0. The van der Waals surface area contributed by atoms with Gasteiger partial charge in [0.1, 0.15) is 17.6 Å². The van der Waals surface area contributed by atoms with Crippen LogP contribution in [0.2, 0.25) is 0 Å². The summed E-state index contributed by atoms with van der Waals surface area (Å²) in [7, 11) is 0.347. The van der Waals surface area contributed by atoms with Crippen LogP contribution in [0.25, 0.3) is 0 Å². The van der Waals surface area contributed by atoms with Crippen LogP contribution in [0.1, 0.15) is 42.9 Å². The largest absolute Gasteiger partial charge is 0.487 e. The van der Waals surface area contributed by atoms with Gasteiger partial charge in [-0.1, -0.05) is 30.3 Å². The van der Waals surface area contributed by atoms with E-state index in [1.54, 1.807) is 11.4 Å². The highest BCUT2D eigenvalue weighted by Gasteiger charge is 2.66. The van der Waals surface area contributed by atoms with Gasteiger partial charge in [0.25, 0.3) is 0 Å². The van der Waals surface area contributed by atoms with Crippen LogP contribution in [0.5, 0.6) is 11.5 Å². The third-order valence-corrected chi connectivity index (χ3v) is 10.8. The molecule has 2 heterocycles. The van der Waals surface area contributed by atoms with Crippen molar-refractivity contribution in [1.82, 2.24) is 9.21 Å². The molecule has 0 amide bonds. The first kappa shape index (κ1) is 23.0. The summed E-state index contributed by atoms with van der Waals surface area (Å²) in [6, 6.07) is 13.2. The summed E-state index contributed by atoms with van der Waals surface area (Å²) in [6.45, 7) is 2.37. The Balaban J connectivity index is 1.42. The van der Waals surface area contributed by atoms with Crippen LogP contribution in [-0.4, -0.2) is 62.4 Å². The average molecular weight is 497 g/mol. The van der Waals surface area contributed by atoms with E-state index in [-0.39, 0.29) is 29.3 Å². The summed E-state index contributed by atoms with van der Waals surface area (Å²) in [6.07, 6.45) is 3.18. The molecule has 0 unspecified atom stereocenters. The summed E-state index contributed by atoms with van der Waals surface area (Å²) in [4.78, 5) is 14.3. The lowest BCUT2D eigenvalue weighted by Gasteiger charge is -2.59. The van der Waals surface area contributed by atoms with Crippen LogP contribution in [-0.2, 0) is 32.4 Å². The summed E-state index contributed by atoms with van der Waals surface area (Å²) in [5, 5.41) is 0. The predicted octanol–water partition coefficient (Wildman–Crippen LogP) is 3.11. The van der Waals surface area contributed by atoms with Crippen molar-refractivity contribution in [2.75, 3.05) is 20.6 Å². The summed E-state index contributed by atoms with van der Waals surface area (Å²) < 4.78 is 41.0. The zero-order chi connectivity index (χ0) is 24.5.